The fourth-order valence-electron chi connectivity index (χ4n) is 3.56. The summed E-state index contributed by atoms with van der Waals surface area (Å²) in [5, 5.41) is 15.4. The second-order valence-corrected chi connectivity index (χ2v) is 7.71. The van der Waals surface area contributed by atoms with Crippen LogP contribution < -0.4 is 4.74 Å². The average molecular weight is 430 g/mol. The van der Waals surface area contributed by atoms with E-state index in [2.05, 4.69) is 10.1 Å². The maximum Gasteiger partial charge on any atom is 0.137 e. The molecule has 1 unspecified atom stereocenters. The molecule has 0 saturated heterocycles. The summed E-state index contributed by atoms with van der Waals surface area (Å²) >= 11 is 0. The van der Waals surface area contributed by atoms with Gasteiger partial charge in [0, 0.05) is 18.2 Å². The van der Waals surface area contributed by atoms with Crippen LogP contribution in [-0.4, -0.2) is 51.5 Å². The molecule has 0 spiro atoms. The van der Waals surface area contributed by atoms with Crippen molar-refractivity contribution in [2.24, 2.45) is 0 Å². The standard InChI is InChI=1S/C23H28F2N4O2/c1-28(12-6-3-7-13-31-20-8-4-2-5-9-20)15-23(30,16-29-18-26-17-27-29)21-11-10-19(24)14-22(21)25/h2,4-5,8-11,14,17-18,30H,3,6-7,12-13,15-16H2,1H3. The zero-order valence-electron chi connectivity index (χ0n) is 17.6. The van der Waals surface area contributed by atoms with Crippen molar-refractivity contribution in [3.05, 3.63) is 78.4 Å². The van der Waals surface area contributed by atoms with E-state index in [1.165, 1.54) is 23.4 Å². The van der Waals surface area contributed by atoms with E-state index in [-0.39, 0.29) is 18.7 Å². The minimum absolute atomic E-state index is 0.00477. The van der Waals surface area contributed by atoms with E-state index in [1.54, 1.807) is 0 Å². The van der Waals surface area contributed by atoms with E-state index < -0.39 is 17.2 Å². The Kier molecular flexibility index (Phi) is 8.08. The molecule has 6 nitrogen and oxygen atoms in total. The molecule has 0 aliphatic heterocycles. The van der Waals surface area contributed by atoms with Crippen LogP contribution >= 0.6 is 0 Å². The second-order valence-electron chi connectivity index (χ2n) is 7.71. The fraction of sp³-hybridized carbons (Fsp3) is 0.391. The molecule has 0 bridgehead atoms. The number of aliphatic hydroxyl groups is 1. The SMILES string of the molecule is CN(CCCCCOc1ccccc1)CC(O)(Cn1cncn1)c1ccc(F)cc1F. The lowest BCUT2D eigenvalue weighted by Gasteiger charge is -2.33. The molecule has 1 atom stereocenters. The Morgan fingerprint density at radius 1 is 1.10 bits per heavy atom. The molecular formula is C23H28F2N4O2. The Morgan fingerprint density at radius 3 is 2.61 bits per heavy atom. The van der Waals surface area contributed by atoms with Crippen molar-refractivity contribution < 1.29 is 18.6 Å². The normalized spacial score (nSPS) is 13.3. The maximum absolute atomic E-state index is 14.5. The van der Waals surface area contributed by atoms with Gasteiger partial charge in [0.05, 0.1) is 13.2 Å². The van der Waals surface area contributed by atoms with Gasteiger partial charge >= 0.3 is 0 Å². The van der Waals surface area contributed by atoms with Crippen LogP contribution in [0.15, 0.2) is 61.2 Å². The van der Waals surface area contributed by atoms with Crippen molar-refractivity contribution >= 4 is 0 Å². The highest BCUT2D eigenvalue weighted by atomic mass is 19.1. The Labute approximate surface area is 181 Å². The van der Waals surface area contributed by atoms with Crippen molar-refractivity contribution in [3.8, 4) is 5.75 Å². The number of aromatic nitrogens is 3. The van der Waals surface area contributed by atoms with Gasteiger partial charge in [0.15, 0.2) is 0 Å². The van der Waals surface area contributed by atoms with Gasteiger partial charge in [0.1, 0.15) is 35.6 Å². The highest BCUT2D eigenvalue weighted by Gasteiger charge is 2.34. The van der Waals surface area contributed by atoms with Crippen molar-refractivity contribution in [2.75, 3.05) is 26.7 Å². The molecule has 31 heavy (non-hydrogen) atoms. The van der Waals surface area contributed by atoms with Crippen molar-refractivity contribution in [1.82, 2.24) is 19.7 Å². The molecule has 1 N–H and O–H groups in total. The van der Waals surface area contributed by atoms with E-state index in [0.717, 1.165) is 37.1 Å². The van der Waals surface area contributed by atoms with Gasteiger partial charge in [-0.25, -0.2) is 18.4 Å². The number of unbranched alkanes of at least 4 members (excludes halogenated alkanes) is 2. The van der Waals surface area contributed by atoms with E-state index in [0.29, 0.717) is 13.2 Å². The Bertz CT molecular complexity index is 925. The number of likely N-dealkylation sites (N-methyl/N-ethyl adjacent to an activating group) is 1. The van der Waals surface area contributed by atoms with Gasteiger partial charge in [-0.3, -0.25) is 0 Å². The van der Waals surface area contributed by atoms with E-state index in [4.69, 9.17) is 4.74 Å². The summed E-state index contributed by atoms with van der Waals surface area (Å²) in [6.45, 7) is 1.53. The highest BCUT2D eigenvalue weighted by Crippen LogP contribution is 2.27. The number of ether oxygens (including phenoxy) is 1. The first kappa shape index (κ1) is 22.8. The molecule has 3 rings (SSSR count). The number of rotatable bonds is 12. The minimum atomic E-state index is -1.59. The number of hydrogen-bond acceptors (Lipinski definition) is 5. The minimum Gasteiger partial charge on any atom is -0.494 e. The summed E-state index contributed by atoms with van der Waals surface area (Å²) in [7, 11) is 1.87. The number of para-hydroxylation sites is 1. The van der Waals surface area contributed by atoms with Gasteiger partial charge in [0.25, 0.3) is 0 Å². The zero-order chi connectivity index (χ0) is 22.1. The predicted molar refractivity (Wildman–Crippen MR) is 114 cm³/mol. The first-order valence-corrected chi connectivity index (χ1v) is 10.3. The molecule has 2 aromatic carbocycles. The fourth-order valence-corrected chi connectivity index (χ4v) is 3.56. The van der Waals surface area contributed by atoms with E-state index in [1.807, 2.05) is 42.3 Å². The van der Waals surface area contributed by atoms with Gasteiger partial charge in [-0.2, -0.15) is 5.10 Å². The van der Waals surface area contributed by atoms with Gasteiger partial charge in [-0.1, -0.05) is 24.3 Å². The Morgan fingerprint density at radius 2 is 1.90 bits per heavy atom. The summed E-state index contributed by atoms with van der Waals surface area (Å²) < 4.78 is 35.0. The first-order chi connectivity index (χ1) is 15.0. The van der Waals surface area contributed by atoms with Gasteiger partial charge in [-0.05, 0) is 51.1 Å². The summed E-state index contributed by atoms with van der Waals surface area (Å²) in [6.07, 6.45) is 5.59. The molecule has 8 heteroatoms. The van der Waals surface area contributed by atoms with Gasteiger partial charge < -0.3 is 14.7 Å². The van der Waals surface area contributed by atoms with Gasteiger partial charge in [0.2, 0.25) is 0 Å². The van der Waals surface area contributed by atoms with Crippen LogP contribution in [0.2, 0.25) is 0 Å². The van der Waals surface area contributed by atoms with Crippen molar-refractivity contribution in [3.63, 3.8) is 0 Å². The molecule has 0 radical (unpaired) electrons. The number of hydrogen-bond donors (Lipinski definition) is 1. The molecular weight excluding hydrogens is 402 g/mol. The molecule has 1 aromatic heterocycles. The lowest BCUT2D eigenvalue weighted by Crippen LogP contribution is -2.43. The Hall–Kier alpha value is -2.84. The first-order valence-electron chi connectivity index (χ1n) is 10.3. The molecule has 166 valence electrons. The van der Waals surface area contributed by atoms with Crippen LogP contribution in [0.5, 0.6) is 5.75 Å². The predicted octanol–water partition coefficient (Wildman–Crippen LogP) is 3.63. The summed E-state index contributed by atoms with van der Waals surface area (Å²) in [4.78, 5) is 5.82. The molecule has 0 fully saturated rings. The van der Waals surface area contributed by atoms with Crippen LogP contribution in [0.1, 0.15) is 24.8 Å². The van der Waals surface area contributed by atoms with Crippen molar-refractivity contribution in [1.29, 1.82) is 0 Å². The third kappa shape index (κ3) is 6.83. The van der Waals surface area contributed by atoms with Crippen LogP contribution in [0, 0.1) is 11.6 Å². The quantitative estimate of drug-likeness (QED) is 0.445. The average Bonchev–Trinajstić information content (AvgIpc) is 3.23. The molecule has 0 aliphatic rings. The van der Waals surface area contributed by atoms with Crippen LogP contribution in [0.4, 0.5) is 8.78 Å². The Balaban J connectivity index is 1.52. The zero-order valence-corrected chi connectivity index (χ0v) is 17.6. The summed E-state index contributed by atoms with van der Waals surface area (Å²) in [5.41, 5.74) is -1.55. The lowest BCUT2D eigenvalue weighted by atomic mass is 9.92. The monoisotopic (exact) mass is 430 g/mol. The van der Waals surface area contributed by atoms with E-state index >= 15 is 0 Å². The van der Waals surface area contributed by atoms with Crippen LogP contribution in [-0.2, 0) is 12.1 Å². The maximum atomic E-state index is 14.5. The van der Waals surface area contributed by atoms with Crippen LogP contribution in [0.25, 0.3) is 0 Å². The van der Waals surface area contributed by atoms with E-state index in [9.17, 15) is 13.9 Å². The summed E-state index contributed by atoms with van der Waals surface area (Å²) in [6, 6.07) is 12.9. The number of nitrogens with zero attached hydrogens (tertiary/aromatic N) is 4. The third-order valence-electron chi connectivity index (χ3n) is 5.05. The smallest absolute Gasteiger partial charge is 0.137 e. The molecule has 0 saturated carbocycles. The number of halogens is 2. The number of benzene rings is 2. The molecule has 1 heterocycles. The topological polar surface area (TPSA) is 63.4 Å². The largest absolute Gasteiger partial charge is 0.494 e. The van der Waals surface area contributed by atoms with Crippen molar-refractivity contribution in [2.45, 2.75) is 31.4 Å². The highest BCUT2D eigenvalue weighted by molar-refractivity contribution is 5.25. The van der Waals surface area contributed by atoms with Crippen LogP contribution in [0.3, 0.4) is 0 Å². The molecule has 0 aliphatic carbocycles. The van der Waals surface area contributed by atoms with Gasteiger partial charge in [-0.15, -0.1) is 0 Å². The molecule has 3 aromatic rings. The lowest BCUT2D eigenvalue weighted by molar-refractivity contribution is -0.0161. The third-order valence-corrected chi connectivity index (χ3v) is 5.05. The second kappa shape index (κ2) is 11.0. The summed E-state index contributed by atoms with van der Waals surface area (Å²) in [5.74, 6) is -0.608. The molecule has 0 amide bonds.